The lowest BCUT2D eigenvalue weighted by Gasteiger charge is -2.30. The van der Waals surface area contributed by atoms with E-state index in [4.69, 9.17) is 10.9 Å². The van der Waals surface area contributed by atoms with Gasteiger partial charge in [-0.05, 0) is 7.05 Å². The Morgan fingerprint density at radius 1 is 1.42 bits per heavy atom. The molecule has 0 aromatic carbocycles. The Bertz CT molecular complexity index is 163. The summed E-state index contributed by atoms with van der Waals surface area (Å²) in [5.74, 6) is 0.0413. The summed E-state index contributed by atoms with van der Waals surface area (Å²) in [6.45, 7) is 3.64. The Labute approximate surface area is 71.6 Å². The van der Waals surface area contributed by atoms with E-state index in [0.717, 1.165) is 26.2 Å². The maximum Gasteiger partial charge on any atom is 0.235 e. The third-order valence-corrected chi connectivity index (χ3v) is 1.84. The van der Waals surface area contributed by atoms with Crippen molar-refractivity contribution in [2.24, 2.45) is 10.8 Å². The molecule has 0 aromatic heterocycles. The van der Waals surface area contributed by atoms with Gasteiger partial charge in [0.15, 0.2) is 0 Å². The van der Waals surface area contributed by atoms with Crippen LogP contribution in [0, 0.1) is 0 Å². The number of rotatable bonds is 1. The first-order valence-corrected chi connectivity index (χ1v) is 3.90. The van der Waals surface area contributed by atoms with Gasteiger partial charge in [0.1, 0.15) is 0 Å². The van der Waals surface area contributed by atoms with Crippen molar-refractivity contribution in [3.63, 3.8) is 0 Å². The zero-order valence-electron chi connectivity index (χ0n) is 7.19. The van der Waals surface area contributed by atoms with Crippen LogP contribution < -0.4 is 11.2 Å². The van der Waals surface area contributed by atoms with Gasteiger partial charge in [-0.2, -0.15) is 0 Å². The average Bonchev–Trinajstić information content (AvgIpc) is 2.09. The molecule has 4 N–H and O–H groups in total. The van der Waals surface area contributed by atoms with Gasteiger partial charge < -0.3 is 10.6 Å². The van der Waals surface area contributed by atoms with Crippen LogP contribution in [-0.2, 0) is 0 Å². The Kier molecular flexibility index (Phi) is 3.12. The minimum absolute atomic E-state index is 0.0413. The standard InChI is InChI=1S/C6H15N5O/c1-10-2-4-11(5-3-10)8-6(7)9-12/h12H,2-5H2,1H3,(H3,7,8,9). The summed E-state index contributed by atoms with van der Waals surface area (Å²) in [6.07, 6.45) is 0. The van der Waals surface area contributed by atoms with Crippen molar-refractivity contribution in [3.05, 3.63) is 0 Å². The fourth-order valence-electron chi connectivity index (χ4n) is 1.07. The summed E-state index contributed by atoms with van der Waals surface area (Å²) in [5, 5.41) is 14.1. The van der Waals surface area contributed by atoms with Crippen LogP contribution in [0.5, 0.6) is 0 Å². The van der Waals surface area contributed by atoms with Crippen LogP contribution in [0.15, 0.2) is 5.10 Å². The van der Waals surface area contributed by atoms with Crippen molar-refractivity contribution >= 4 is 5.96 Å². The molecule has 0 bridgehead atoms. The first-order chi connectivity index (χ1) is 5.72. The predicted octanol–water partition coefficient (Wildman–Crippen LogP) is -1.56. The Hall–Kier alpha value is -1.01. The van der Waals surface area contributed by atoms with Gasteiger partial charge in [0.25, 0.3) is 0 Å². The maximum atomic E-state index is 8.37. The average molecular weight is 173 g/mol. The summed E-state index contributed by atoms with van der Waals surface area (Å²) >= 11 is 0. The lowest BCUT2D eigenvalue weighted by atomic mass is 10.4. The summed E-state index contributed by atoms with van der Waals surface area (Å²) in [4.78, 5) is 2.22. The predicted molar refractivity (Wildman–Crippen MR) is 45.6 cm³/mol. The second-order valence-corrected chi connectivity index (χ2v) is 2.85. The molecule has 1 aliphatic rings. The lowest BCUT2D eigenvalue weighted by molar-refractivity contribution is 0.154. The van der Waals surface area contributed by atoms with Crippen molar-refractivity contribution in [1.82, 2.24) is 15.4 Å². The molecule has 0 amide bonds. The van der Waals surface area contributed by atoms with Gasteiger partial charge in [-0.3, -0.25) is 10.2 Å². The molecule has 1 rings (SSSR count). The number of hydroxylamine groups is 1. The van der Waals surface area contributed by atoms with Gasteiger partial charge in [-0.25, -0.2) is 5.48 Å². The van der Waals surface area contributed by atoms with E-state index in [1.165, 1.54) is 0 Å². The van der Waals surface area contributed by atoms with E-state index < -0.39 is 0 Å². The summed E-state index contributed by atoms with van der Waals surface area (Å²) in [7, 11) is 2.06. The molecule has 1 aliphatic heterocycles. The number of nitrogens with two attached hydrogens (primary N) is 1. The highest BCUT2D eigenvalue weighted by atomic mass is 16.5. The van der Waals surface area contributed by atoms with Crippen LogP contribution in [0.1, 0.15) is 0 Å². The van der Waals surface area contributed by atoms with Crippen molar-refractivity contribution in [1.29, 1.82) is 0 Å². The molecule has 1 heterocycles. The highest BCUT2D eigenvalue weighted by Crippen LogP contribution is 1.98. The second-order valence-electron chi connectivity index (χ2n) is 2.85. The molecular formula is C6H15N5O. The van der Waals surface area contributed by atoms with Gasteiger partial charge in [0.05, 0.1) is 0 Å². The lowest BCUT2D eigenvalue weighted by Crippen LogP contribution is -2.43. The number of nitrogens with zero attached hydrogens (tertiary/aromatic N) is 3. The largest absolute Gasteiger partial charge is 0.367 e. The van der Waals surface area contributed by atoms with E-state index in [1.807, 2.05) is 5.01 Å². The fraction of sp³-hybridized carbons (Fsp3) is 0.833. The summed E-state index contributed by atoms with van der Waals surface area (Å²) in [5.41, 5.74) is 7.07. The SMILES string of the molecule is CN1CCN(/N=C(\N)NO)CC1. The van der Waals surface area contributed by atoms with Crippen LogP contribution >= 0.6 is 0 Å². The van der Waals surface area contributed by atoms with E-state index in [9.17, 15) is 0 Å². The van der Waals surface area contributed by atoms with Crippen LogP contribution in [0.3, 0.4) is 0 Å². The highest BCUT2D eigenvalue weighted by molar-refractivity contribution is 5.76. The molecule has 0 saturated carbocycles. The molecule has 0 spiro atoms. The zero-order chi connectivity index (χ0) is 8.97. The van der Waals surface area contributed by atoms with Crippen molar-refractivity contribution in [3.8, 4) is 0 Å². The molecule has 70 valence electrons. The molecule has 0 aliphatic carbocycles. The second kappa shape index (κ2) is 4.13. The molecule has 0 atom stereocenters. The van der Waals surface area contributed by atoms with E-state index in [2.05, 4.69) is 17.0 Å². The minimum Gasteiger partial charge on any atom is -0.367 e. The summed E-state index contributed by atoms with van der Waals surface area (Å²) in [6, 6.07) is 0. The van der Waals surface area contributed by atoms with Gasteiger partial charge in [0, 0.05) is 26.2 Å². The summed E-state index contributed by atoms with van der Waals surface area (Å²) < 4.78 is 0. The van der Waals surface area contributed by atoms with Gasteiger partial charge >= 0.3 is 0 Å². The van der Waals surface area contributed by atoms with Crippen LogP contribution in [0.25, 0.3) is 0 Å². The Morgan fingerprint density at radius 3 is 2.50 bits per heavy atom. The van der Waals surface area contributed by atoms with Crippen molar-refractivity contribution < 1.29 is 5.21 Å². The zero-order valence-corrected chi connectivity index (χ0v) is 7.19. The molecule has 12 heavy (non-hydrogen) atoms. The highest BCUT2D eigenvalue weighted by Gasteiger charge is 2.11. The first-order valence-electron chi connectivity index (χ1n) is 3.90. The molecule has 6 heteroatoms. The number of guanidine groups is 1. The van der Waals surface area contributed by atoms with Crippen LogP contribution in [0.4, 0.5) is 0 Å². The molecule has 0 unspecified atom stereocenters. The van der Waals surface area contributed by atoms with E-state index in [1.54, 1.807) is 5.48 Å². The number of nitrogens with one attached hydrogen (secondary N) is 1. The van der Waals surface area contributed by atoms with E-state index in [-0.39, 0.29) is 5.96 Å². The number of piperazine rings is 1. The number of hydrogen-bond acceptors (Lipinski definition) is 4. The number of hydrazone groups is 1. The monoisotopic (exact) mass is 173 g/mol. The first kappa shape index (κ1) is 9.08. The van der Waals surface area contributed by atoms with E-state index in [0.29, 0.717) is 0 Å². The van der Waals surface area contributed by atoms with Crippen LogP contribution in [0.2, 0.25) is 0 Å². The van der Waals surface area contributed by atoms with Crippen LogP contribution in [-0.4, -0.2) is 54.3 Å². The van der Waals surface area contributed by atoms with Crippen molar-refractivity contribution in [2.75, 3.05) is 33.2 Å². The van der Waals surface area contributed by atoms with Gasteiger partial charge in [0.2, 0.25) is 5.96 Å². The third kappa shape index (κ3) is 2.55. The topological polar surface area (TPSA) is 77.1 Å². The van der Waals surface area contributed by atoms with Crippen molar-refractivity contribution in [2.45, 2.75) is 0 Å². The minimum atomic E-state index is 0.0413. The maximum absolute atomic E-state index is 8.37. The smallest absolute Gasteiger partial charge is 0.235 e. The van der Waals surface area contributed by atoms with Gasteiger partial charge in [-0.15, -0.1) is 5.10 Å². The number of hydrogen-bond donors (Lipinski definition) is 3. The quantitative estimate of drug-likeness (QED) is 0.254. The van der Waals surface area contributed by atoms with E-state index >= 15 is 0 Å². The van der Waals surface area contributed by atoms with Gasteiger partial charge in [-0.1, -0.05) is 0 Å². The normalized spacial score (nSPS) is 21.2. The number of likely N-dealkylation sites (N-methyl/N-ethyl adjacent to an activating group) is 1. The molecule has 1 fully saturated rings. The fourth-order valence-corrected chi connectivity index (χ4v) is 1.07. The molecular weight excluding hydrogens is 158 g/mol. The molecule has 0 radical (unpaired) electrons. The molecule has 1 saturated heterocycles. The Balaban J connectivity index is 2.35. The Morgan fingerprint density at radius 2 is 2.00 bits per heavy atom. The third-order valence-electron chi connectivity index (χ3n) is 1.84. The molecule has 6 nitrogen and oxygen atoms in total. The molecule has 0 aromatic rings.